The number of amides is 2. The van der Waals surface area contributed by atoms with Gasteiger partial charge in [-0.2, -0.15) is 0 Å². The lowest BCUT2D eigenvalue weighted by Crippen LogP contribution is -2.35. The van der Waals surface area contributed by atoms with Gasteiger partial charge in [0.25, 0.3) is 11.1 Å². The highest BCUT2D eigenvalue weighted by Gasteiger charge is 2.39. The minimum Gasteiger partial charge on any atom is -0.478 e. The maximum Gasteiger partial charge on any atom is 0.337 e. The van der Waals surface area contributed by atoms with Gasteiger partial charge in [-0.3, -0.25) is 14.5 Å². The van der Waals surface area contributed by atoms with Crippen LogP contribution >= 0.6 is 27.7 Å². The molecule has 0 aliphatic carbocycles. The number of halogens is 1. The zero-order chi connectivity index (χ0) is 14.7. The van der Waals surface area contributed by atoms with E-state index in [1.165, 1.54) is 6.07 Å². The largest absolute Gasteiger partial charge is 0.478 e. The molecule has 1 heterocycles. The van der Waals surface area contributed by atoms with Crippen LogP contribution in [0.2, 0.25) is 0 Å². The number of benzene rings is 1. The summed E-state index contributed by atoms with van der Waals surface area (Å²) in [5.74, 6) is -1.45. The van der Waals surface area contributed by atoms with E-state index < -0.39 is 11.3 Å². The molecule has 6 nitrogen and oxygen atoms in total. The van der Waals surface area contributed by atoms with Crippen LogP contribution in [0.15, 0.2) is 24.3 Å². The summed E-state index contributed by atoms with van der Waals surface area (Å²) >= 11 is 4.03. The summed E-state index contributed by atoms with van der Waals surface area (Å²) in [6.45, 7) is 0.295. The number of carboxylic acids is 1. The monoisotopic (exact) mass is 358 g/mol. The first-order valence-corrected chi connectivity index (χ1v) is 7.71. The second kappa shape index (κ2) is 6.27. The molecule has 1 aliphatic rings. The summed E-state index contributed by atoms with van der Waals surface area (Å²) in [5, 5.41) is 11.3. The second-order valence-electron chi connectivity index (χ2n) is 3.94. The lowest BCUT2D eigenvalue weighted by Gasteiger charge is -2.14. The molecule has 1 aromatic carbocycles. The summed E-state index contributed by atoms with van der Waals surface area (Å²) < 4.78 is 0. The number of rotatable bonds is 5. The standard InChI is InChI=1S/C12H11BrN2O4S/c13-5-6-15-10(16)9(20-12(15)19)14-8-4-2-1-3-7(8)11(17)18/h1-4,9,14H,5-6H2,(H,17,18)/t9-/m1/s1. The molecule has 1 saturated heterocycles. The van der Waals surface area contributed by atoms with E-state index in [1.54, 1.807) is 18.2 Å². The smallest absolute Gasteiger partial charge is 0.337 e. The van der Waals surface area contributed by atoms with Crippen LogP contribution in [0, 0.1) is 0 Å². The molecule has 0 aromatic heterocycles. The lowest BCUT2D eigenvalue weighted by atomic mass is 10.2. The van der Waals surface area contributed by atoms with Gasteiger partial charge in [0.05, 0.1) is 5.56 Å². The average molecular weight is 359 g/mol. The van der Waals surface area contributed by atoms with Gasteiger partial charge in [-0.1, -0.05) is 28.1 Å². The molecule has 1 fully saturated rings. The van der Waals surface area contributed by atoms with Crippen molar-refractivity contribution in [1.29, 1.82) is 0 Å². The predicted molar refractivity (Wildman–Crippen MR) is 79.3 cm³/mol. The van der Waals surface area contributed by atoms with Crippen molar-refractivity contribution in [1.82, 2.24) is 4.90 Å². The summed E-state index contributed by atoms with van der Waals surface area (Å²) in [7, 11) is 0. The Morgan fingerprint density at radius 1 is 1.40 bits per heavy atom. The molecular weight excluding hydrogens is 348 g/mol. The van der Waals surface area contributed by atoms with E-state index in [0.717, 1.165) is 16.7 Å². The van der Waals surface area contributed by atoms with Gasteiger partial charge < -0.3 is 10.4 Å². The Morgan fingerprint density at radius 2 is 2.10 bits per heavy atom. The van der Waals surface area contributed by atoms with Gasteiger partial charge in [-0.15, -0.1) is 0 Å². The maximum atomic E-state index is 12.0. The molecule has 2 N–H and O–H groups in total. The number of carbonyl (C=O) groups is 3. The molecule has 0 spiro atoms. The number of carbonyl (C=O) groups excluding carboxylic acids is 2. The highest BCUT2D eigenvalue weighted by atomic mass is 79.9. The van der Waals surface area contributed by atoms with Crippen LogP contribution in [0.25, 0.3) is 0 Å². The molecule has 0 bridgehead atoms. The average Bonchev–Trinajstić information content (AvgIpc) is 2.67. The van der Waals surface area contributed by atoms with Crippen molar-refractivity contribution < 1.29 is 19.5 Å². The number of aromatic carboxylic acids is 1. The Balaban J connectivity index is 2.18. The fourth-order valence-corrected chi connectivity index (χ4v) is 3.04. The molecule has 1 aromatic rings. The van der Waals surface area contributed by atoms with Gasteiger partial charge >= 0.3 is 5.97 Å². The molecule has 1 aliphatic heterocycles. The first-order chi connectivity index (χ1) is 9.54. The van der Waals surface area contributed by atoms with Crippen molar-refractivity contribution in [3.8, 4) is 0 Å². The Labute approximate surface area is 127 Å². The molecule has 1 atom stereocenters. The highest BCUT2D eigenvalue weighted by Crippen LogP contribution is 2.29. The van der Waals surface area contributed by atoms with Crippen LogP contribution in [0.1, 0.15) is 10.4 Å². The van der Waals surface area contributed by atoms with Crippen LogP contribution in [0.3, 0.4) is 0 Å². The lowest BCUT2D eigenvalue weighted by molar-refractivity contribution is -0.126. The molecule has 0 saturated carbocycles. The number of nitrogens with one attached hydrogen (secondary N) is 1. The molecule has 2 amide bonds. The summed E-state index contributed by atoms with van der Waals surface area (Å²) in [4.78, 5) is 36.0. The Bertz CT molecular complexity index is 566. The van der Waals surface area contributed by atoms with E-state index in [0.29, 0.717) is 17.6 Å². The van der Waals surface area contributed by atoms with Crippen molar-refractivity contribution in [2.45, 2.75) is 5.37 Å². The van der Waals surface area contributed by atoms with E-state index in [9.17, 15) is 14.4 Å². The molecule has 2 rings (SSSR count). The molecular formula is C12H11BrN2O4S. The SMILES string of the molecule is O=C(O)c1ccccc1N[C@@H]1SC(=O)N(CCBr)C1=O. The predicted octanol–water partition coefficient (Wildman–Crippen LogP) is 2.21. The third kappa shape index (κ3) is 2.96. The number of imide groups is 1. The van der Waals surface area contributed by atoms with Crippen LogP contribution in [0.4, 0.5) is 10.5 Å². The summed E-state index contributed by atoms with van der Waals surface area (Å²) in [5.41, 5.74) is 0.381. The van der Waals surface area contributed by atoms with E-state index in [-0.39, 0.29) is 16.7 Å². The number of para-hydroxylation sites is 1. The van der Waals surface area contributed by atoms with Gasteiger partial charge in [0.15, 0.2) is 5.37 Å². The number of thioether (sulfide) groups is 1. The van der Waals surface area contributed by atoms with Crippen LogP contribution in [0.5, 0.6) is 0 Å². The Hall–Kier alpha value is -1.54. The minimum absolute atomic E-state index is 0.0623. The third-order valence-corrected chi connectivity index (χ3v) is 4.01. The van der Waals surface area contributed by atoms with Gasteiger partial charge in [0, 0.05) is 17.6 Å². The first kappa shape index (κ1) is 14.9. The van der Waals surface area contributed by atoms with Crippen LogP contribution < -0.4 is 5.32 Å². The quantitative estimate of drug-likeness (QED) is 0.784. The molecule has 20 heavy (non-hydrogen) atoms. The topological polar surface area (TPSA) is 86.7 Å². The van der Waals surface area contributed by atoms with E-state index >= 15 is 0 Å². The molecule has 8 heteroatoms. The Kier molecular flexibility index (Phi) is 4.66. The van der Waals surface area contributed by atoms with Crippen molar-refractivity contribution >= 4 is 50.5 Å². The van der Waals surface area contributed by atoms with Crippen molar-refractivity contribution in [3.63, 3.8) is 0 Å². The fourth-order valence-electron chi connectivity index (χ4n) is 1.76. The summed E-state index contributed by atoms with van der Waals surface area (Å²) in [6, 6.07) is 6.26. The van der Waals surface area contributed by atoms with Gasteiger partial charge in [0.2, 0.25) is 0 Å². The van der Waals surface area contributed by atoms with Crippen molar-refractivity contribution in [2.24, 2.45) is 0 Å². The van der Waals surface area contributed by atoms with Crippen molar-refractivity contribution in [3.05, 3.63) is 29.8 Å². The van der Waals surface area contributed by atoms with E-state index in [1.807, 2.05) is 0 Å². The second-order valence-corrected chi connectivity index (χ2v) is 5.79. The number of nitrogens with zero attached hydrogens (tertiary/aromatic N) is 1. The number of carboxylic acid groups (broad SMARTS) is 1. The van der Waals surface area contributed by atoms with Gasteiger partial charge in [-0.25, -0.2) is 4.79 Å². The van der Waals surface area contributed by atoms with Crippen molar-refractivity contribution in [2.75, 3.05) is 17.2 Å². The van der Waals surface area contributed by atoms with E-state index in [4.69, 9.17) is 5.11 Å². The Morgan fingerprint density at radius 3 is 2.75 bits per heavy atom. The first-order valence-electron chi connectivity index (χ1n) is 5.71. The minimum atomic E-state index is -1.09. The number of alkyl halides is 1. The zero-order valence-corrected chi connectivity index (χ0v) is 12.6. The number of hydrogen-bond donors (Lipinski definition) is 2. The molecule has 106 valence electrons. The zero-order valence-electron chi connectivity index (χ0n) is 10.2. The van der Waals surface area contributed by atoms with Gasteiger partial charge in [-0.05, 0) is 23.9 Å². The molecule has 0 radical (unpaired) electrons. The normalized spacial score (nSPS) is 18.4. The number of anilines is 1. The molecule has 0 unspecified atom stereocenters. The maximum absolute atomic E-state index is 12.0. The number of hydrogen-bond acceptors (Lipinski definition) is 5. The van der Waals surface area contributed by atoms with Gasteiger partial charge in [0.1, 0.15) is 0 Å². The van der Waals surface area contributed by atoms with Crippen LogP contribution in [-0.4, -0.2) is 44.4 Å². The summed E-state index contributed by atoms with van der Waals surface area (Å²) in [6.07, 6.45) is 0. The van der Waals surface area contributed by atoms with E-state index in [2.05, 4.69) is 21.2 Å². The fraction of sp³-hybridized carbons (Fsp3) is 0.250. The third-order valence-electron chi connectivity index (χ3n) is 2.68. The van der Waals surface area contributed by atoms with Crippen LogP contribution in [-0.2, 0) is 4.79 Å². The highest BCUT2D eigenvalue weighted by molar-refractivity contribution is 9.09.